The molecule has 150 valence electrons. The molecule has 2 heterocycles. The van der Waals surface area contributed by atoms with Gasteiger partial charge in [0.05, 0.1) is 22.3 Å². The van der Waals surface area contributed by atoms with E-state index in [0.717, 1.165) is 17.0 Å². The summed E-state index contributed by atoms with van der Waals surface area (Å²) in [7, 11) is 0. The number of allylic oxidation sites excluding steroid dienone is 1. The van der Waals surface area contributed by atoms with Gasteiger partial charge in [0, 0.05) is 11.4 Å². The van der Waals surface area contributed by atoms with Crippen molar-refractivity contribution < 1.29 is 4.39 Å². The molecule has 0 aliphatic heterocycles. The molecule has 4 aromatic rings. The van der Waals surface area contributed by atoms with E-state index in [1.807, 2.05) is 6.08 Å². The van der Waals surface area contributed by atoms with E-state index in [0.29, 0.717) is 22.4 Å². The number of nitrogens with zero attached hydrogens (tertiary/aromatic N) is 3. The quantitative estimate of drug-likeness (QED) is 0.424. The van der Waals surface area contributed by atoms with Gasteiger partial charge < -0.3 is 9.55 Å². The minimum Gasteiger partial charge on any atom is -0.337 e. The summed E-state index contributed by atoms with van der Waals surface area (Å²) in [5.41, 5.74) is 9.55. The molecule has 1 N–H and O–H groups in total. The summed E-state index contributed by atoms with van der Waals surface area (Å²) in [5.74, 6) is 0.0955. The summed E-state index contributed by atoms with van der Waals surface area (Å²) in [6.07, 6.45) is 1.84. The smallest absolute Gasteiger partial charge is 0.149 e. The second kappa shape index (κ2) is 7.31. The number of aromatic amines is 1. The van der Waals surface area contributed by atoms with Crippen LogP contribution in [0.1, 0.15) is 39.5 Å². The zero-order valence-corrected chi connectivity index (χ0v) is 17.8. The van der Waals surface area contributed by atoms with Gasteiger partial charge in [0.1, 0.15) is 17.7 Å². The molecule has 0 fully saturated rings. The Hall–Kier alpha value is -3.65. The first-order valence-corrected chi connectivity index (χ1v) is 9.83. The van der Waals surface area contributed by atoms with E-state index in [1.54, 1.807) is 6.07 Å². The van der Waals surface area contributed by atoms with Crippen LogP contribution in [0.4, 0.5) is 4.39 Å². The third-order valence-corrected chi connectivity index (χ3v) is 5.45. The highest BCUT2D eigenvalue weighted by Gasteiger charge is 2.16. The number of nitrogens with one attached hydrogen (secondary N) is 1. The molecule has 0 bridgehead atoms. The number of nitriles is 1. The van der Waals surface area contributed by atoms with Gasteiger partial charge in [-0.2, -0.15) is 5.26 Å². The van der Waals surface area contributed by atoms with E-state index >= 15 is 0 Å². The largest absolute Gasteiger partial charge is 0.337 e. The van der Waals surface area contributed by atoms with Gasteiger partial charge in [-0.1, -0.05) is 17.7 Å². The number of rotatable bonds is 3. The molecule has 0 saturated carbocycles. The molecule has 2 aromatic heterocycles. The van der Waals surface area contributed by atoms with Crippen molar-refractivity contribution in [2.75, 3.05) is 0 Å². The number of H-pyrrole nitrogens is 1. The van der Waals surface area contributed by atoms with Crippen molar-refractivity contribution in [3.05, 3.63) is 81.7 Å². The number of imidazole rings is 1. The van der Waals surface area contributed by atoms with Crippen LogP contribution < -0.4 is 0 Å². The highest BCUT2D eigenvalue weighted by molar-refractivity contribution is 5.90. The fourth-order valence-electron chi connectivity index (χ4n) is 4.22. The lowest BCUT2D eigenvalue weighted by atomic mass is 10.0. The molecule has 5 heteroatoms. The lowest BCUT2D eigenvalue weighted by molar-refractivity contribution is 0.629. The van der Waals surface area contributed by atoms with Crippen molar-refractivity contribution in [1.82, 2.24) is 14.5 Å². The maximum absolute atomic E-state index is 13.5. The van der Waals surface area contributed by atoms with Crippen LogP contribution in [0.25, 0.3) is 28.4 Å². The van der Waals surface area contributed by atoms with Gasteiger partial charge in [-0.15, -0.1) is 0 Å². The fourth-order valence-corrected chi connectivity index (χ4v) is 4.22. The number of halogens is 1. The number of fused-ring (bicyclic) bond motifs is 1. The number of hydrogen-bond donors (Lipinski definition) is 1. The molecule has 4 nitrogen and oxygen atoms in total. The van der Waals surface area contributed by atoms with E-state index in [4.69, 9.17) is 0 Å². The third kappa shape index (κ3) is 3.31. The number of benzene rings is 2. The highest BCUT2D eigenvalue weighted by Crippen LogP contribution is 2.29. The fraction of sp³-hybridized carbons (Fsp3) is 0.200. The van der Waals surface area contributed by atoms with Crippen molar-refractivity contribution >= 4 is 22.7 Å². The summed E-state index contributed by atoms with van der Waals surface area (Å²) in [6.45, 7) is 10.5. The van der Waals surface area contributed by atoms with Gasteiger partial charge >= 0.3 is 0 Å². The average Bonchev–Trinajstić information content (AvgIpc) is 3.20. The van der Waals surface area contributed by atoms with Gasteiger partial charge in [0.15, 0.2) is 0 Å². The van der Waals surface area contributed by atoms with Crippen LogP contribution in [0.15, 0.2) is 36.4 Å². The van der Waals surface area contributed by atoms with Crippen LogP contribution in [0.5, 0.6) is 0 Å². The predicted molar refractivity (Wildman–Crippen MR) is 119 cm³/mol. The van der Waals surface area contributed by atoms with E-state index < -0.39 is 0 Å². The highest BCUT2D eigenvalue weighted by atomic mass is 19.1. The van der Waals surface area contributed by atoms with Gasteiger partial charge in [0.25, 0.3) is 0 Å². The normalized spacial score (nSPS) is 11.8. The Morgan fingerprint density at radius 1 is 1.07 bits per heavy atom. The van der Waals surface area contributed by atoms with E-state index in [9.17, 15) is 9.65 Å². The van der Waals surface area contributed by atoms with Crippen LogP contribution in [0, 0.1) is 51.8 Å². The maximum Gasteiger partial charge on any atom is 0.149 e. The van der Waals surface area contributed by atoms with Crippen LogP contribution >= 0.6 is 0 Å². The summed E-state index contributed by atoms with van der Waals surface area (Å²) < 4.78 is 15.7. The summed E-state index contributed by atoms with van der Waals surface area (Å²) >= 11 is 0. The second-order valence-corrected chi connectivity index (χ2v) is 7.83. The Labute approximate surface area is 175 Å². The van der Waals surface area contributed by atoms with Crippen molar-refractivity contribution in [3.8, 4) is 11.8 Å². The predicted octanol–water partition coefficient (Wildman–Crippen LogP) is 6.10. The molecule has 0 amide bonds. The molecular formula is C25H23FN4. The molecule has 30 heavy (non-hydrogen) atoms. The lowest BCUT2D eigenvalue weighted by Crippen LogP contribution is -2.04. The molecule has 2 aromatic carbocycles. The summed E-state index contributed by atoms with van der Waals surface area (Å²) in [6, 6.07) is 13.0. The van der Waals surface area contributed by atoms with Crippen molar-refractivity contribution in [2.45, 2.75) is 34.6 Å². The van der Waals surface area contributed by atoms with Gasteiger partial charge in [-0.25, -0.2) is 9.37 Å². The van der Waals surface area contributed by atoms with Crippen LogP contribution in [-0.2, 0) is 0 Å². The minimum atomic E-state index is -0.340. The van der Waals surface area contributed by atoms with Crippen molar-refractivity contribution in [3.63, 3.8) is 0 Å². The topological polar surface area (TPSA) is 57.4 Å². The minimum absolute atomic E-state index is 0.340. The monoisotopic (exact) mass is 398 g/mol. The van der Waals surface area contributed by atoms with Crippen molar-refractivity contribution in [1.29, 1.82) is 5.26 Å². The molecular weight excluding hydrogens is 375 g/mol. The lowest BCUT2D eigenvalue weighted by Gasteiger charge is -2.17. The van der Waals surface area contributed by atoms with Crippen LogP contribution in [-0.4, -0.2) is 14.5 Å². The SMILES string of the molecule is Cc1cc(C)c(-n2c(C)cc(/C=C(/C#N)c3nc4ccc(F)cc4[nH]3)c2C)c(C)c1. The van der Waals surface area contributed by atoms with E-state index in [2.05, 4.69) is 73.4 Å². The maximum atomic E-state index is 13.5. The molecule has 0 atom stereocenters. The molecule has 0 spiro atoms. The molecule has 0 aliphatic carbocycles. The first kappa shape index (κ1) is 19.7. The third-order valence-electron chi connectivity index (χ3n) is 5.45. The molecule has 0 aliphatic rings. The molecule has 0 radical (unpaired) electrons. The van der Waals surface area contributed by atoms with E-state index in [1.165, 1.54) is 34.5 Å². The standard InChI is InChI=1S/C25H23FN4/c1-14-8-15(2)24(16(3)9-14)30-17(4)10-19(18(30)5)11-20(13-27)25-28-22-7-6-21(26)12-23(22)29-25/h6-12H,1-5H3,(H,28,29)/b20-11-. The Balaban J connectivity index is 1.84. The zero-order valence-electron chi connectivity index (χ0n) is 17.8. The first-order valence-electron chi connectivity index (χ1n) is 9.83. The van der Waals surface area contributed by atoms with Gasteiger partial charge in [-0.05, 0) is 81.7 Å². The number of hydrogen-bond acceptors (Lipinski definition) is 2. The Bertz CT molecular complexity index is 1340. The number of aromatic nitrogens is 3. The molecule has 0 unspecified atom stereocenters. The first-order chi connectivity index (χ1) is 14.3. The Morgan fingerprint density at radius 2 is 1.77 bits per heavy atom. The van der Waals surface area contributed by atoms with Gasteiger partial charge in [-0.3, -0.25) is 0 Å². The average molecular weight is 398 g/mol. The summed E-state index contributed by atoms with van der Waals surface area (Å²) in [4.78, 5) is 7.51. The van der Waals surface area contributed by atoms with Gasteiger partial charge in [0.2, 0.25) is 0 Å². The van der Waals surface area contributed by atoms with Crippen LogP contribution in [0.3, 0.4) is 0 Å². The Morgan fingerprint density at radius 3 is 2.43 bits per heavy atom. The summed E-state index contributed by atoms with van der Waals surface area (Å²) in [5, 5.41) is 9.76. The molecule has 4 rings (SSSR count). The van der Waals surface area contributed by atoms with Crippen molar-refractivity contribution in [2.24, 2.45) is 0 Å². The number of aryl methyl sites for hydroxylation is 4. The van der Waals surface area contributed by atoms with Crippen LogP contribution in [0.2, 0.25) is 0 Å². The Kier molecular flexibility index (Phi) is 4.79. The second-order valence-electron chi connectivity index (χ2n) is 7.83. The van der Waals surface area contributed by atoms with E-state index in [-0.39, 0.29) is 5.82 Å². The zero-order chi connectivity index (χ0) is 21.6. The molecule has 0 saturated heterocycles.